The van der Waals surface area contributed by atoms with E-state index in [-0.39, 0.29) is 5.75 Å². The van der Waals surface area contributed by atoms with Crippen LogP contribution in [0.4, 0.5) is 0 Å². The molecule has 1 aliphatic rings. The molecule has 15 heavy (non-hydrogen) atoms. The molecule has 1 fully saturated rings. The molecule has 0 aliphatic carbocycles. The third-order valence-corrected chi connectivity index (χ3v) is 4.86. The number of halogens is 1. The lowest BCUT2D eigenvalue weighted by Gasteiger charge is -2.40. The lowest BCUT2D eigenvalue weighted by molar-refractivity contribution is -0.00767. The fourth-order valence-electron chi connectivity index (χ4n) is 1.71. The molecule has 1 rings (SSSR count). The number of nitrogens with zero attached hydrogens (tertiary/aromatic N) is 1. The molecule has 4 nitrogen and oxygen atoms in total. The monoisotopic (exact) mass is 255 g/mol. The molecule has 0 amide bonds. The Kier molecular flexibility index (Phi) is 4.40. The van der Waals surface area contributed by atoms with Crippen LogP contribution in [0.3, 0.4) is 0 Å². The minimum atomic E-state index is -3.18. The van der Waals surface area contributed by atoms with Crippen molar-refractivity contribution in [2.75, 3.05) is 31.4 Å². The molecule has 0 radical (unpaired) electrons. The van der Waals surface area contributed by atoms with Crippen molar-refractivity contribution in [3.05, 3.63) is 0 Å². The quantitative estimate of drug-likeness (QED) is 0.706. The number of morpholine rings is 1. The molecule has 0 spiro atoms. The Labute approximate surface area is 96.6 Å². The van der Waals surface area contributed by atoms with E-state index < -0.39 is 15.6 Å². The normalized spacial score (nSPS) is 22.9. The SMILES string of the molecule is CC1(C)COCCN1S(=O)(=O)CCCCl. The highest BCUT2D eigenvalue weighted by molar-refractivity contribution is 7.89. The van der Waals surface area contributed by atoms with Gasteiger partial charge in [0.15, 0.2) is 0 Å². The largest absolute Gasteiger partial charge is 0.378 e. The van der Waals surface area contributed by atoms with Gasteiger partial charge in [-0.05, 0) is 20.3 Å². The van der Waals surface area contributed by atoms with Gasteiger partial charge in [0.1, 0.15) is 0 Å². The van der Waals surface area contributed by atoms with E-state index in [0.29, 0.717) is 32.1 Å². The van der Waals surface area contributed by atoms with Crippen LogP contribution in [-0.2, 0) is 14.8 Å². The summed E-state index contributed by atoms with van der Waals surface area (Å²) in [6.07, 6.45) is 0.497. The van der Waals surface area contributed by atoms with Gasteiger partial charge in [0, 0.05) is 12.4 Å². The van der Waals surface area contributed by atoms with E-state index in [2.05, 4.69) is 0 Å². The standard InChI is InChI=1S/C9H18ClNO3S/c1-9(2)8-14-6-5-11(9)15(12,13)7-3-4-10/h3-8H2,1-2H3. The van der Waals surface area contributed by atoms with Crippen LogP contribution in [-0.4, -0.2) is 49.7 Å². The summed E-state index contributed by atoms with van der Waals surface area (Å²) in [6, 6.07) is 0. The first-order valence-corrected chi connectivity index (χ1v) is 7.19. The molecular weight excluding hydrogens is 238 g/mol. The molecule has 0 aromatic rings. The summed E-state index contributed by atoms with van der Waals surface area (Å²) in [4.78, 5) is 0. The van der Waals surface area contributed by atoms with Crippen molar-refractivity contribution in [1.82, 2.24) is 4.31 Å². The van der Waals surface area contributed by atoms with E-state index in [1.54, 1.807) is 0 Å². The van der Waals surface area contributed by atoms with Crippen molar-refractivity contribution in [3.8, 4) is 0 Å². The molecular formula is C9H18ClNO3S. The summed E-state index contributed by atoms with van der Waals surface area (Å²) in [6.45, 7) is 5.13. The van der Waals surface area contributed by atoms with E-state index >= 15 is 0 Å². The van der Waals surface area contributed by atoms with Crippen LogP contribution < -0.4 is 0 Å². The summed E-state index contributed by atoms with van der Waals surface area (Å²) in [7, 11) is -3.18. The minimum absolute atomic E-state index is 0.125. The lowest BCUT2D eigenvalue weighted by Crippen LogP contribution is -2.55. The van der Waals surface area contributed by atoms with Gasteiger partial charge in [-0.2, -0.15) is 4.31 Å². The van der Waals surface area contributed by atoms with Crippen LogP contribution in [0.5, 0.6) is 0 Å². The molecule has 0 bridgehead atoms. The first kappa shape index (κ1) is 13.2. The molecule has 0 aromatic carbocycles. The Morgan fingerprint density at radius 1 is 1.47 bits per heavy atom. The van der Waals surface area contributed by atoms with Gasteiger partial charge in [0.2, 0.25) is 10.0 Å². The zero-order chi connectivity index (χ0) is 11.5. The third kappa shape index (κ3) is 3.31. The second kappa shape index (κ2) is 4.99. The number of rotatable bonds is 4. The Morgan fingerprint density at radius 3 is 2.67 bits per heavy atom. The first-order valence-electron chi connectivity index (χ1n) is 5.04. The molecule has 0 N–H and O–H groups in total. The van der Waals surface area contributed by atoms with Crippen molar-refractivity contribution < 1.29 is 13.2 Å². The highest BCUT2D eigenvalue weighted by Crippen LogP contribution is 2.23. The molecule has 1 saturated heterocycles. The van der Waals surface area contributed by atoms with Gasteiger partial charge >= 0.3 is 0 Å². The van der Waals surface area contributed by atoms with Crippen LogP contribution >= 0.6 is 11.6 Å². The number of hydrogen-bond donors (Lipinski definition) is 0. The average Bonchev–Trinajstić information content (AvgIpc) is 2.13. The van der Waals surface area contributed by atoms with Gasteiger partial charge in [0.05, 0.1) is 24.5 Å². The number of alkyl halides is 1. The fraction of sp³-hybridized carbons (Fsp3) is 1.00. The predicted molar refractivity (Wildman–Crippen MR) is 60.7 cm³/mol. The smallest absolute Gasteiger partial charge is 0.214 e. The summed E-state index contributed by atoms with van der Waals surface area (Å²) in [5.74, 6) is 0.504. The number of sulfonamides is 1. The molecule has 0 aromatic heterocycles. The highest BCUT2D eigenvalue weighted by Gasteiger charge is 2.38. The van der Waals surface area contributed by atoms with E-state index in [4.69, 9.17) is 16.3 Å². The van der Waals surface area contributed by atoms with Crippen molar-refractivity contribution in [2.45, 2.75) is 25.8 Å². The van der Waals surface area contributed by atoms with Gasteiger partial charge < -0.3 is 4.74 Å². The summed E-state index contributed by atoms with van der Waals surface area (Å²) >= 11 is 5.51. The van der Waals surface area contributed by atoms with Gasteiger partial charge in [-0.1, -0.05) is 0 Å². The van der Waals surface area contributed by atoms with Crippen LogP contribution in [0.25, 0.3) is 0 Å². The lowest BCUT2D eigenvalue weighted by atomic mass is 10.1. The van der Waals surface area contributed by atoms with E-state index in [1.807, 2.05) is 13.8 Å². The maximum absolute atomic E-state index is 12.0. The number of hydrogen-bond acceptors (Lipinski definition) is 3. The van der Waals surface area contributed by atoms with Crippen LogP contribution in [0, 0.1) is 0 Å². The van der Waals surface area contributed by atoms with Crippen molar-refractivity contribution >= 4 is 21.6 Å². The summed E-state index contributed by atoms with van der Waals surface area (Å²) < 4.78 is 30.8. The maximum Gasteiger partial charge on any atom is 0.214 e. The van der Waals surface area contributed by atoms with E-state index in [1.165, 1.54) is 4.31 Å². The number of ether oxygens (including phenoxy) is 1. The maximum atomic E-state index is 12.0. The van der Waals surface area contributed by atoms with Crippen LogP contribution in [0.15, 0.2) is 0 Å². The van der Waals surface area contributed by atoms with Crippen molar-refractivity contribution in [1.29, 1.82) is 0 Å². The van der Waals surface area contributed by atoms with Gasteiger partial charge in [-0.3, -0.25) is 0 Å². The molecule has 1 heterocycles. The average molecular weight is 256 g/mol. The van der Waals surface area contributed by atoms with Crippen LogP contribution in [0.2, 0.25) is 0 Å². The Bertz CT molecular complexity index is 302. The van der Waals surface area contributed by atoms with Gasteiger partial charge in [-0.15, -0.1) is 11.6 Å². The molecule has 1 aliphatic heterocycles. The summed E-state index contributed by atoms with van der Waals surface area (Å²) in [5, 5.41) is 0. The molecule has 0 saturated carbocycles. The minimum Gasteiger partial charge on any atom is -0.378 e. The fourth-order valence-corrected chi connectivity index (χ4v) is 3.89. The van der Waals surface area contributed by atoms with E-state index in [0.717, 1.165) is 0 Å². The molecule has 0 atom stereocenters. The second-order valence-electron chi connectivity index (χ2n) is 4.30. The predicted octanol–water partition coefficient (Wildman–Crippen LogP) is 1.06. The highest BCUT2D eigenvalue weighted by atomic mass is 35.5. The van der Waals surface area contributed by atoms with Gasteiger partial charge in [0.25, 0.3) is 0 Å². The Balaban J connectivity index is 2.76. The molecule has 90 valence electrons. The van der Waals surface area contributed by atoms with Crippen LogP contribution in [0.1, 0.15) is 20.3 Å². The van der Waals surface area contributed by atoms with Gasteiger partial charge in [-0.25, -0.2) is 8.42 Å². The third-order valence-electron chi connectivity index (χ3n) is 2.44. The first-order chi connectivity index (χ1) is 6.90. The second-order valence-corrected chi connectivity index (χ2v) is 6.69. The zero-order valence-corrected chi connectivity index (χ0v) is 10.8. The van der Waals surface area contributed by atoms with E-state index in [9.17, 15) is 8.42 Å². The topological polar surface area (TPSA) is 46.6 Å². The molecule has 6 heteroatoms. The Hall–Kier alpha value is 0.160. The zero-order valence-electron chi connectivity index (χ0n) is 9.20. The van der Waals surface area contributed by atoms with Crippen molar-refractivity contribution in [3.63, 3.8) is 0 Å². The Morgan fingerprint density at radius 2 is 2.13 bits per heavy atom. The van der Waals surface area contributed by atoms with Crippen molar-refractivity contribution in [2.24, 2.45) is 0 Å². The summed E-state index contributed by atoms with van der Waals surface area (Å²) in [5.41, 5.74) is -0.441. The molecule has 0 unspecified atom stereocenters.